The molecule has 0 radical (unpaired) electrons. The molecule has 1 saturated heterocycles. The van der Waals surface area contributed by atoms with Crippen LogP contribution >= 0.6 is 0 Å². The summed E-state index contributed by atoms with van der Waals surface area (Å²) < 4.78 is 0. The molecule has 0 aromatic heterocycles. The second kappa shape index (κ2) is 4.40. The minimum absolute atomic E-state index is 0.147. The number of nitro groups is 1. The second-order valence-electron chi connectivity index (χ2n) is 3.59. The van der Waals surface area contributed by atoms with E-state index in [2.05, 4.69) is 11.9 Å². The molecule has 0 aromatic carbocycles. The topological polar surface area (TPSA) is 46.4 Å². The number of piperidine rings is 1. The lowest BCUT2D eigenvalue weighted by Crippen LogP contribution is -2.30. The van der Waals surface area contributed by atoms with Crippen LogP contribution in [0.3, 0.4) is 0 Å². The summed E-state index contributed by atoms with van der Waals surface area (Å²) in [6.45, 7) is 2.35. The van der Waals surface area contributed by atoms with Gasteiger partial charge in [-0.2, -0.15) is 0 Å². The Morgan fingerprint density at radius 1 is 1.50 bits per heavy atom. The largest absolute Gasteiger partial charge is 0.306 e. The molecule has 1 aliphatic heterocycles. The Morgan fingerprint density at radius 2 is 2.08 bits per heavy atom. The van der Waals surface area contributed by atoms with Crippen LogP contribution in [-0.4, -0.2) is 36.5 Å². The lowest BCUT2D eigenvalue weighted by atomic mass is 9.94. The molecule has 0 spiro atoms. The van der Waals surface area contributed by atoms with Crippen LogP contribution in [0.25, 0.3) is 0 Å². The summed E-state index contributed by atoms with van der Waals surface area (Å²) >= 11 is 0. The van der Waals surface area contributed by atoms with Gasteiger partial charge < -0.3 is 4.90 Å². The Bertz CT molecular complexity index is 153. The minimum atomic E-state index is -0.210. The highest BCUT2D eigenvalue weighted by Crippen LogP contribution is 2.18. The number of hydrogen-bond donors (Lipinski definition) is 0. The third-order valence-electron chi connectivity index (χ3n) is 2.56. The molecule has 0 N–H and O–H groups in total. The van der Waals surface area contributed by atoms with Crippen LogP contribution in [0, 0.1) is 16.0 Å². The van der Waals surface area contributed by atoms with Crippen molar-refractivity contribution >= 4 is 0 Å². The molecule has 1 fully saturated rings. The molecule has 0 unspecified atom stereocenters. The Morgan fingerprint density at radius 3 is 2.58 bits per heavy atom. The first-order valence-corrected chi connectivity index (χ1v) is 4.49. The van der Waals surface area contributed by atoms with Crippen molar-refractivity contribution in [2.45, 2.75) is 19.3 Å². The van der Waals surface area contributed by atoms with Gasteiger partial charge in [-0.15, -0.1) is 0 Å². The fourth-order valence-corrected chi connectivity index (χ4v) is 1.64. The molecule has 1 heterocycles. The van der Waals surface area contributed by atoms with Gasteiger partial charge in [0.15, 0.2) is 0 Å². The second-order valence-corrected chi connectivity index (χ2v) is 3.59. The summed E-state index contributed by atoms with van der Waals surface area (Å²) in [6, 6.07) is 0. The maximum atomic E-state index is 10.1. The number of hydrogen-bond acceptors (Lipinski definition) is 3. The predicted molar refractivity (Wildman–Crippen MR) is 46.7 cm³/mol. The standard InChI is InChI=1S/C8H16N2O2/c1-9-5-2-8(3-6-9)4-7-10(11)12/h8H,2-7H2,1H3. The highest BCUT2D eigenvalue weighted by Gasteiger charge is 2.17. The van der Waals surface area contributed by atoms with Gasteiger partial charge in [-0.1, -0.05) is 0 Å². The van der Waals surface area contributed by atoms with Crippen LogP contribution in [0.15, 0.2) is 0 Å². The van der Waals surface area contributed by atoms with Crippen LogP contribution < -0.4 is 0 Å². The van der Waals surface area contributed by atoms with E-state index in [1.54, 1.807) is 0 Å². The van der Waals surface area contributed by atoms with Gasteiger partial charge in [-0.05, 0) is 38.9 Å². The normalized spacial score (nSPS) is 21.1. The first kappa shape index (κ1) is 9.45. The summed E-state index contributed by atoms with van der Waals surface area (Å²) in [5.74, 6) is 0.589. The Labute approximate surface area is 72.7 Å². The SMILES string of the molecule is CN1CCC(CC[N+](=O)[O-])CC1. The molecule has 70 valence electrons. The number of likely N-dealkylation sites (tertiary alicyclic amines) is 1. The maximum Gasteiger partial charge on any atom is 0.204 e. The van der Waals surface area contributed by atoms with Crippen LogP contribution in [0.5, 0.6) is 0 Å². The van der Waals surface area contributed by atoms with Crippen molar-refractivity contribution in [3.8, 4) is 0 Å². The zero-order valence-corrected chi connectivity index (χ0v) is 7.53. The Balaban J connectivity index is 2.13. The molecule has 1 rings (SSSR count). The van der Waals surface area contributed by atoms with Crippen LogP contribution in [0.4, 0.5) is 0 Å². The zero-order valence-electron chi connectivity index (χ0n) is 7.53. The zero-order chi connectivity index (χ0) is 8.97. The summed E-state index contributed by atoms with van der Waals surface area (Å²) in [5, 5.41) is 10.1. The van der Waals surface area contributed by atoms with E-state index in [9.17, 15) is 10.1 Å². The Hall–Kier alpha value is -0.640. The van der Waals surface area contributed by atoms with E-state index in [1.807, 2.05) is 0 Å². The van der Waals surface area contributed by atoms with Crippen molar-refractivity contribution < 1.29 is 4.92 Å². The Kier molecular flexibility index (Phi) is 3.47. The van der Waals surface area contributed by atoms with E-state index >= 15 is 0 Å². The highest BCUT2D eigenvalue weighted by atomic mass is 16.6. The fraction of sp³-hybridized carbons (Fsp3) is 1.00. The van der Waals surface area contributed by atoms with Crippen molar-refractivity contribution in [2.24, 2.45) is 5.92 Å². The fourth-order valence-electron chi connectivity index (χ4n) is 1.64. The molecule has 0 bridgehead atoms. The van der Waals surface area contributed by atoms with Gasteiger partial charge in [0.1, 0.15) is 0 Å². The van der Waals surface area contributed by atoms with Crippen molar-refractivity contribution in [3.63, 3.8) is 0 Å². The average molecular weight is 172 g/mol. The lowest BCUT2D eigenvalue weighted by Gasteiger charge is -2.27. The van der Waals surface area contributed by atoms with Crippen molar-refractivity contribution in [2.75, 3.05) is 26.7 Å². The third-order valence-corrected chi connectivity index (χ3v) is 2.56. The highest BCUT2D eigenvalue weighted by molar-refractivity contribution is 4.69. The van der Waals surface area contributed by atoms with E-state index in [-0.39, 0.29) is 11.5 Å². The maximum absolute atomic E-state index is 10.1. The van der Waals surface area contributed by atoms with Gasteiger partial charge in [-0.3, -0.25) is 10.1 Å². The van der Waals surface area contributed by atoms with Crippen LogP contribution in [0.1, 0.15) is 19.3 Å². The molecule has 4 nitrogen and oxygen atoms in total. The van der Waals surface area contributed by atoms with E-state index in [0.29, 0.717) is 5.92 Å². The van der Waals surface area contributed by atoms with Gasteiger partial charge in [0.05, 0.1) is 0 Å². The van der Waals surface area contributed by atoms with E-state index < -0.39 is 0 Å². The first-order chi connectivity index (χ1) is 5.68. The molecule has 0 aromatic rings. The molecule has 0 atom stereocenters. The smallest absolute Gasteiger partial charge is 0.204 e. The van der Waals surface area contributed by atoms with Crippen LogP contribution in [0.2, 0.25) is 0 Å². The third kappa shape index (κ3) is 3.17. The first-order valence-electron chi connectivity index (χ1n) is 4.49. The molecule has 4 heteroatoms. The minimum Gasteiger partial charge on any atom is -0.306 e. The average Bonchev–Trinajstić information content (AvgIpc) is 2.03. The molecular formula is C8H16N2O2. The lowest BCUT2D eigenvalue weighted by molar-refractivity contribution is -0.481. The molecule has 0 amide bonds. The quantitative estimate of drug-likeness (QED) is 0.471. The number of rotatable bonds is 3. The van der Waals surface area contributed by atoms with Crippen molar-refractivity contribution in [1.82, 2.24) is 4.90 Å². The number of nitrogens with zero attached hydrogens (tertiary/aromatic N) is 2. The van der Waals surface area contributed by atoms with Crippen LogP contribution in [-0.2, 0) is 0 Å². The van der Waals surface area contributed by atoms with E-state index in [4.69, 9.17) is 0 Å². The molecular weight excluding hydrogens is 156 g/mol. The van der Waals surface area contributed by atoms with Gasteiger partial charge in [0.2, 0.25) is 6.54 Å². The molecule has 12 heavy (non-hydrogen) atoms. The van der Waals surface area contributed by atoms with Gasteiger partial charge in [0, 0.05) is 11.3 Å². The van der Waals surface area contributed by atoms with Crippen molar-refractivity contribution in [1.29, 1.82) is 0 Å². The van der Waals surface area contributed by atoms with Crippen molar-refractivity contribution in [3.05, 3.63) is 10.1 Å². The summed E-state index contributed by atoms with van der Waals surface area (Å²) in [5.41, 5.74) is 0. The molecule has 0 aliphatic carbocycles. The van der Waals surface area contributed by atoms with Gasteiger partial charge in [-0.25, -0.2) is 0 Å². The van der Waals surface area contributed by atoms with Gasteiger partial charge >= 0.3 is 0 Å². The predicted octanol–water partition coefficient (Wildman–Crippen LogP) is 0.995. The van der Waals surface area contributed by atoms with E-state index in [1.165, 1.54) is 0 Å². The van der Waals surface area contributed by atoms with Gasteiger partial charge in [0.25, 0.3) is 0 Å². The molecule has 1 aliphatic rings. The summed E-state index contributed by atoms with van der Waals surface area (Å²) in [7, 11) is 2.10. The summed E-state index contributed by atoms with van der Waals surface area (Å²) in [6.07, 6.45) is 3.02. The molecule has 0 saturated carbocycles. The van der Waals surface area contributed by atoms with E-state index in [0.717, 1.165) is 32.4 Å². The summed E-state index contributed by atoms with van der Waals surface area (Å²) in [4.78, 5) is 12.2. The monoisotopic (exact) mass is 172 g/mol.